The number of ketones is 1. The van der Waals surface area contributed by atoms with E-state index in [0.29, 0.717) is 16.3 Å². The van der Waals surface area contributed by atoms with E-state index in [1.807, 2.05) is 80.6 Å². The van der Waals surface area contributed by atoms with Gasteiger partial charge in [0.1, 0.15) is 0 Å². The molecule has 5 aromatic rings. The topological polar surface area (TPSA) is 74.2 Å². The zero-order chi connectivity index (χ0) is 24.9. The van der Waals surface area contributed by atoms with Crippen LogP contribution in [0.25, 0.3) is 22.4 Å². The van der Waals surface area contributed by atoms with Crippen LogP contribution in [0.2, 0.25) is 0 Å². The third kappa shape index (κ3) is 3.69. The summed E-state index contributed by atoms with van der Waals surface area (Å²) in [7, 11) is 0. The highest BCUT2D eigenvalue weighted by Gasteiger charge is 2.21. The summed E-state index contributed by atoms with van der Waals surface area (Å²) in [5, 5.41) is 9.97. The van der Waals surface area contributed by atoms with Crippen molar-refractivity contribution in [3.05, 3.63) is 87.0 Å². The fourth-order valence-corrected chi connectivity index (χ4v) is 5.57. The van der Waals surface area contributed by atoms with Crippen LogP contribution in [0.4, 0.5) is 0 Å². The number of benzene rings is 2. The van der Waals surface area contributed by atoms with Gasteiger partial charge in [-0.2, -0.15) is 0 Å². The number of Topliss-reactive ketones (excluding diaryl/α,β-unsaturated/α-hetero) is 1. The molecule has 0 amide bonds. The molecule has 0 spiro atoms. The number of hydrogen-bond donors (Lipinski definition) is 0. The number of hydrogen-bond acceptors (Lipinski definition) is 5. The van der Waals surface area contributed by atoms with Gasteiger partial charge >= 0.3 is 0 Å². The highest BCUT2D eigenvalue weighted by atomic mass is 32.2. The van der Waals surface area contributed by atoms with E-state index in [9.17, 15) is 9.59 Å². The molecule has 3 aromatic heterocycles. The normalized spacial score (nSPS) is 11.6. The molecule has 3 heterocycles. The molecule has 0 unspecified atom stereocenters. The minimum Gasteiger partial charge on any atom is -0.349 e. The monoisotopic (exact) mass is 485 g/mol. The molecule has 7 nitrogen and oxygen atoms in total. The van der Waals surface area contributed by atoms with E-state index in [-0.39, 0.29) is 17.1 Å². The van der Waals surface area contributed by atoms with Gasteiger partial charge in [0, 0.05) is 23.5 Å². The number of aromatic nitrogens is 5. The molecule has 35 heavy (non-hydrogen) atoms. The fraction of sp³-hybridized carbons (Fsp3) is 0.259. The third-order valence-corrected chi connectivity index (χ3v) is 7.66. The van der Waals surface area contributed by atoms with Crippen molar-refractivity contribution in [2.24, 2.45) is 0 Å². The third-order valence-electron chi connectivity index (χ3n) is 6.73. The van der Waals surface area contributed by atoms with E-state index >= 15 is 0 Å². The van der Waals surface area contributed by atoms with E-state index in [2.05, 4.69) is 21.7 Å². The molecule has 0 atom stereocenters. The maximum atomic E-state index is 13.6. The van der Waals surface area contributed by atoms with Gasteiger partial charge in [-0.25, -0.2) is 4.57 Å². The van der Waals surface area contributed by atoms with Crippen molar-refractivity contribution in [2.45, 2.75) is 46.3 Å². The Balaban J connectivity index is 1.64. The lowest BCUT2D eigenvalue weighted by Crippen LogP contribution is -2.22. The van der Waals surface area contributed by atoms with Crippen molar-refractivity contribution in [3.8, 4) is 5.69 Å². The van der Waals surface area contributed by atoms with Gasteiger partial charge in [0.15, 0.2) is 10.9 Å². The lowest BCUT2D eigenvalue weighted by Gasteiger charge is -2.14. The summed E-state index contributed by atoms with van der Waals surface area (Å²) in [4.78, 5) is 26.7. The van der Waals surface area contributed by atoms with E-state index in [4.69, 9.17) is 0 Å². The van der Waals surface area contributed by atoms with Crippen LogP contribution in [0, 0.1) is 27.7 Å². The molecular weight excluding hydrogens is 458 g/mol. The average molecular weight is 486 g/mol. The summed E-state index contributed by atoms with van der Waals surface area (Å²) in [6, 6.07) is 15.3. The lowest BCUT2D eigenvalue weighted by molar-refractivity contribution is 0.102. The molecule has 0 aliphatic carbocycles. The van der Waals surface area contributed by atoms with Crippen LogP contribution < -0.4 is 5.56 Å². The Morgan fingerprint density at radius 1 is 1.00 bits per heavy atom. The minimum absolute atomic E-state index is 0.0479. The smallest absolute Gasteiger partial charge is 0.267 e. The number of aryl methyl sites for hydroxylation is 2. The Hall–Kier alpha value is -3.65. The molecule has 5 rings (SSSR count). The fourth-order valence-electron chi connectivity index (χ4n) is 4.74. The van der Waals surface area contributed by atoms with Crippen molar-refractivity contribution < 1.29 is 4.79 Å². The van der Waals surface area contributed by atoms with Crippen LogP contribution in [0.15, 0.2) is 58.5 Å². The van der Waals surface area contributed by atoms with Crippen LogP contribution >= 0.6 is 11.8 Å². The van der Waals surface area contributed by atoms with E-state index < -0.39 is 0 Å². The SMILES string of the molecule is CCn1c(C)cc(C(=O)CSc2nnc3n(-c4cccc(C)c4C)c(=O)c4ccccc4n23)c1C. The maximum Gasteiger partial charge on any atom is 0.267 e. The molecule has 0 saturated carbocycles. The van der Waals surface area contributed by atoms with Gasteiger partial charge in [-0.05, 0) is 70.0 Å². The highest BCUT2D eigenvalue weighted by molar-refractivity contribution is 7.99. The molecule has 2 aromatic carbocycles. The molecule has 0 fully saturated rings. The van der Waals surface area contributed by atoms with Gasteiger partial charge < -0.3 is 4.57 Å². The summed E-state index contributed by atoms with van der Waals surface area (Å²) in [6.07, 6.45) is 0. The Morgan fingerprint density at radius 3 is 2.51 bits per heavy atom. The van der Waals surface area contributed by atoms with E-state index in [0.717, 1.165) is 45.8 Å². The summed E-state index contributed by atoms with van der Waals surface area (Å²) in [5.74, 6) is 0.708. The minimum atomic E-state index is -0.145. The second-order valence-corrected chi connectivity index (χ2v) is 9.68. The summed E-state index contributed by atoms with van der Waals surface area (Å²) in [5.41, 5.74) is 6.24. The Labute approximate surface area is 207 Å². The number of para-hydroxylation sites is 1. The van der Waals surface area contributed by atoms with Crippen LogP contribution in [-0.2, 0) is 6.54 Å². The first-order chi connectivity index (χ1) is 16.8. The van der Waals surface area contributed by atoms with Gasteiger partial charge in [0.25, 0.3) is 5.56 Å². The second-order valence-electron chi connectivity index (χ2n) is 8.74. The first-order valence-electron chi connectivity index (χ1n) is 11.6. The molecule has 0 aliphatic rings. The van der Waals surface area contributed by atoms with Crippen molar-refractivity contribution in [1.82, 2.24) is 23.7 Å². The lowest BCUT2D eigenvalue weighted by atomic mass is 10.1. The number of fused-ring (bicyclic) bond motifs is 3. The molecule has 0 saturated heterocycles. The predicted molar refractivity (Wildman–Crippen MR) is 140 cm³/mol. The van der Waals surface area contributed by atoms with Gasteiger partial charge in [-0.3, -0.25) is 14.0 Å². The van der Waals surface area contributed by atoms with Crippen LogP contribution in [0.1, 0.15) is 39.8 Å². The zero-order valence-corrected chi connectivity index (χ0v) is 21.3. The molecule has 0 aliphatic heterocycles. The predicted octanol–water partition coefficient (Wildman–Crippen LogP) is 5.06. The first-order valence-corrected chi connectivity index (χ1v) is 12.6. The molecule has 0 bridgehead atoms. The zero-order valence-electron chi connectivity index (χ0n) is 20.5. The van der Waals surface area contributed by atoms with Crippen molar-refractivity contribution in [2.75, 3.05) is 5.75 Å². The number of carbonyl (C=O) groups is 1. The number of rotatable bonds is 6. The van der Waals surface area contributed by atoms with Crippen molar-refractivity contribution >= 4 is 34.2 Å². The molecule has 178 valence electrons. The molecule has 8 heteroatoms. The highest BCUT2D eigenvalue weighted by Crippen LogP contribution is 2.26. The summed E-state index contributed by atoms with van der Waals surface area (Å²) in [6.45, 7) is 10.9. The number of thioether (sulfide) groups is 1. The second kappa shape index (κ2) is 8.85. The van der Waals surface area contributed by atoms with Crippen molar-refractivity contribution in [3.63, 3.8) is 0 Å². The Kier molecular flexibility index (Phi) is 5.84. The molecular formula is C27H27N5O2S. The van der Waals surface area contributed by atoms with Gasteiger partial charge in [0.2, 0.25) is 5.78 Å². The quantitative estimate of drug-likeness (QED) is 0.248. The van der Waals surface area contributed by atoms with Crippen molar-refractivity contribution in [1.29, 1.82) is 0 Å². The van der Waals surface area contributed by atoms with Gasteiger partial charge in [-0.15, -0.1) is 10.2 Å². The largest absolute Gasteiger partial charge is 0.349 e. The Bertz CT molecular complexity index is 1680. The van der Waals surface area contributed by atoms with Crippen LogP contribution in [-0.4, -0.2) is 35.3 Å². The van der Waals surface area contributed by atoms with E-state index in [1.54, 1.807) is 4.57 Å². The standard InChI is InChI=1S/C27H27N5O2S/c1-6-30-17(3)14-21(19(30)5)24(33)15-35-27-29-28-26-31(22-13-9-10-16(2)18(22)4)25(34)20-11-7-8-12-23(20)32(26)27/h7-14H,6,15H2,1-5H3. The van der Waals surface area contributed by atoms with E-state index in [1.165, 1.54) is 11.8 Å². The maximum absolute atomic E-state index is 13.6. The van der Waals surface area contributed by atoms with Crippen LogP contribution in [0.5, 0.6) is 0 Å². The number of carbonyl (C=O) groups excluding carboxylic acids is 1. The molecule has 0 radical (unpaired) electrons. The summed E-state index contributed by atoms with van der Waals surface area (Å²) < 4.78 is 5.64. The molecule has 0 N–H and O–H groups in total. The van der Waals surface area contributed by atoms with Crippen LogP contribution in [0.3, 0.4) is 0 Å². The Morgan fingerprint density at radius 2 is 1.77 bits per heavy atom. The average Bonchev–Trinajstić information content (AvgIpc) is 3.40. The number of nitrogens with zero attached hydrogens (tertiary/aromatic N) is 5. The summed E-state index contributed by atoms with van der Waals surface area (Å²) >= 11 is 1.34. The first kappa shape index (κ1) is 23.1. The van der Waals surface area contributed by atoms with Gasteiger partial charge in [-0.1, -0.05) is 36.0 Å². The van der Waals surface area contributed by atoms with Gasteiger partial charge in [0.05, 0.1) is 22.3 Å².